The van der Waals surface area contributed by atoms with Crippen LogP contribution >= 0.6 is 0 Å². The van der Waals surface area contributed by atoms with Crippen molar-refractivity contribution in [3.05, 3.63) is 120 Å². The molecule has 0 fully saturated rings. The largest absolute Gasteiger partial charge is 0.480 e. The van der Waals surface area contributed by atoms with Gasteiger partial charge in [-0.25, -0.2) is 4.79 Å². The van der Waals surface area contributed by atoms with Crippen molar-refractivity contribution in [3.63, 3.8) is 0 Å². The molecule has 0 saturated heterocycles. The molecule has 10 N–H and O–H groups in total. The molecule has 3 rings (SSSR count). The number of carbonyl (C=O) groups excluding carboxylic acids is 8. The van der Waals surface area contributed by atoms with Crippen molar-refractivity contribution >= 4 is 53.2 Å². The van der Waals surface area contributed by atoms with E-state index in [0.29, 0.717) is 16.7 Å². The number of benzene rings is 3. The number of hydrogen-bond donors (Lipinski definition) is 9. The number of aliphatic carboxylic acids is 1. The number of primary amides is 1. The van der Waals surface area contributed by atoms with Crippen LogP contribution in [0.1, 0.15) is 57.7 Å². The summed E-state index contributed by atoms with van der Waals surface area (Å²) in [5.74, 6) is -7.71. The maximum atomic E-state index is 14.1. The Bertz CT molecular complexity index is 2130. The van der Waals surface area contributed by atoms with E-state index in [9.17, 15) is 48.3 Å². The van der Waals surface area contributed by atoms with Crippen molar-refractivity contribution in [3.8, 4) is 0 Å². The minimum Gasteiger partial charge on any atom is -0.480 e. The third-order valence-electron chi connectivity index (χ3n) is 9.92. The molecule has 0 aliphatic carbocycles. The molecule has 0 heterocycles. The lowest BCUT2D eigenvalue weighted by atomic mass is 9.99. The highest BCUT2D eigenvalue weighted by atomic mass is 16.4. The van der Waals surface area contributed by atoms with Crippen LogP contribution in [-0.4, -0.2) is 101 Å². The van der Waals surface area contributed by atoms with Gasteiger partial charge in [-0.1, -0.05) is 119 Å². The second kappa shape index (κ2) is 26.3. The van der Waals surface area contributed by atoms with Crippen LogP contribution in [0.3, 0.4) is 0 Å². The van der Waals surface area contributed by atoms with Gasteiger partial charge in [-0.15, -0.1) is 0 Å². The summed E-state index contributed by atoms with van der Waals surface area (Å²) in [4.78, 5) is 117. The van der Waals surface area contributed by atoms with Crippen LogP contribution < -0.4 is 43.0 Å². The van der Waals surface area contributed by atoms with E-state index in [0.717, 1.165) is 12.2 Å². The number of carboxylic acid groups (broad SMARTS) is 1. The van der Waals surface area contributed by atoms with E-state index >= 15 is 0 Å². The fraction of sp³-hybridized carbons (Fsp3) is 0.383. The Morgan fingerprint density at radius 2 is 0.938 bits per heavy atom. The van der Waals surface area contributed by atoms with E-state index in [1.807, 2.05) is 13.8 Å². The first-order chi connectivity index (χ1) is 30.8. The average Bonchev–Trinajstić information content (AvgIpc) is 3.26. The lowest BCUT2D eigenvalue weighted by Gasteiger charge is -2.27. The summed E-state index contributed by atoms with van der Waals surface area (Å²) in [7, 11) is 0. The number of carbonyl (C=O) groups is 9. The van der Waals surface area contributed by atoms with Crippen molar-refractivity contribution in [1.82, 2.24) is 37.2 Å². The third kappa shape index (κ3) is 18.9. The zero-order valence-corrected chi connectivity index (χ0v) is 37.2. The van der Waals surface area contributed by atoms with E-state index in [-0.39, 0.29) is 37.5 Å². The molecule has 0 unspecified atom stereocenters. The van der Waals surface area contributed by atoms with Crippen molar-refractivity contribution in [1.29, 1.82) is 0 Å². The first kappa shape index (κ1) is 52.0. The predicted octanol–water partition coefficient (Wildman–Crippen LogP) is 0.588. The van der Waals surface area contributed by atoms with E-state index in [1.54, 1.807) is 105 Å². The normalized spacial score (nSPS) is 13.8. The predicted molar refractivity (Wildman–Crippen MR) is 241 cm³/mol. The quantitative estimate of drug-likeness (QED) is 0.0534. The lowest BCUT2D eigenvalue weighted by Crippen LogP contribution is -2.59. The molecule has 0 aliphatic rings. The van der Waals surface area contributed by atoms with Gasteiger partial charge in [0.15, 0.2) is 0 Å². The first-order valence-electron chi connectivity index (χ1n) is 21.2. The van der Waals surface area contributed by atoms with Gasteiger partial charge in [0.25, 0.3) is 0 Å². The van der Waals surface area contributed by atoms with Crippen LogP contribution in [0.5, 0.6) is 0 Å². The van der Waals surface area contributed by atoms with Crippen LogP contribution in [0.15, 0.2) is 103 Å². The maximum Gasteiger partial charge on any atom is 0.326 e. The molecule has 3 aromatic rings. The summed E-state index contributed by atoms with van der Waals surface area (Å²) in [5.41, 5.74) is 7.55. The molecule has 0 radical (unpaired) electrons. The molecule has 0 saturated carbocycles. The molecule has 0 bridgehead atoms. The summed E-state index contributed by atoms with van der Waals surface area (Å²) in [5, 5.41) is 27.3. The monoisotopic (exact) mass is 896 g/mol. The van der Waals surface area contributed by atoms with Gasteiger partial charge in [-0.05, 0) is 41.9 Å². The molecular weight excluding hydrogens is 837 g/mol. The van der Waals surface area contributed by atoms with Gasteiger partial charge in [-0.3, -0.25) is 38.4 Å². The van der Waals surface area contributed by atoms with E-state index < -0.39 is 96.0 Å². The number of amides is 8. The van der Waals surface area contributed by atoms with Crippen molar-refractivity contribution < 1.29 is 48.3 Å². The van der Waals surface area contributed by atoms with Gasteiger partial charge >= 0.3 is 5.97 Å². The summed E-state index contributed by atoms with van der Waals surface area (Å²) in [6.45, 7) is 7.91. The molecule has 8 amide bonds. The SMILES string of the molecule is CC(C)C[C@H](NC(=O)[C@H](Cc1ccccc1)NC(=O)[C@H](Cc1ccccc1)NC(=O)/C=C/C(=O)N[C@@H](C)C(=O)NCC(=O)N[C@@H](Cc1ccccc1)C(=O)O)C(=O)N[C@H](C(N)=O)C(C)C. The van der Waals surface area contributed by atoms with Gasteiger partial charge in [0.2, 0.25) is 47.3 Å². The Morgan fingerprint density at radius 3 is 1.37 bits per heavy atom. The van der Waals surface area contributed by atoms with Gasteiger partial charge in [-0.2, -0.15) is 0 Å². The summed E-state index contributed by atoms with van der Waals surface area (Å²) in [6, 6.07) is 19.2. The van der Waals surface area contributed by atoms with Crippen LogP contribution in [0, 0.1) is 11.8 Å². The molecule has 18 heteroatoms. The van der Waals surface area contributed by atoms with Crippen LogP contribution in [0.4, 0.5) is 0 Å². The molecule has 0 aliphatic heterocycles. The Balaban J connectivity index is 1.70. The van der Waals surface area contributed by atoms with Crippen LogP contribution in [0.25, 0.3) is 0 Å². The number of nitrogens with two attached hydrogens (primary N) is 1. The molecule has 3 aromatic carbocycles. The highest BCUT2D eigenvalue weighted by Crippen LogP contribution is 2.11. The summed E-state index contributed by atoms with van der Waals surface area (Å²) >= 11 is 0. The van der Waals surface area contributed by atoms with Gasteiger partial charge in [0.1, 0.15) is 36.3 Å². The zero-order chi connectivity index (χ0) is 48.1. The second-order valence-electron chi connectivity index (χ2n) is 16.3. The number of nitrogens with one attached hydrogen (secondary N) is 7. The molecule has 6 atom stereocenters. The van der Waals surface area contributed by atoms with E-state index in [1.165, 1.54) is 6.92 Å². The topological polar surface area (TPSA) is 284 Å². The van der Waals surface area contributed by atoms with Crippen molar-refractivity contribution in [2.24, 2.45) is 17.6 Å². The highest BCUT2D eigenvalue weighted by molar-refractivity contribution is 6.01. The fourth-order valence-corrected chi connectivity index (χ4v) is 6.50. The van der Waals surface area contributed by atoms with Gasteiger partial charge in [0.05, 0.1) is 6.54 Å². The molecule has 18 nitrogen and oxygen atoms in total. The number of rotatable bonds is 25. The summed E-state index contributed by atoms with van der Waals surface area (Å²) in [6.07, 6.45) is 1.90. The lowest BCUT2D eigenvalue weighted by molar-refractivity contribution is -0.141. The molecule has 65 heavy (non-hydrogen) atoms. The maximum absolute atomic E-state index is 14.1. The Hall–Kier alpha value is -7.37. The van der Waals surface area contributed by atoms with Gasteiger partial charge in [0, 0.05) is 31.4 Å². The molecule has 0 aromatic heterocycles. The minimum atomic E-state index is -1.27. The Morgan fingerprint density at radius 1 is 0.523 bits per heavy atom. The Labute approximate surface area is 378 Å². The standard InChI is InChI=1S/C47H60N8O10/c1-28(2)23-34(46(63)55-41(29(3)4)42(48)59)53-45(62)36(25-32-17-11-7-12-18-32)54-44(61)35(24-31-15-9-6-10-16-31)51-39(57)22-21-38(56)50-30(5)43(60)49-27-40(58)52-37(47(64)65)26-33-19-13-8-14-20-33/h6-22,28-30,34-37,41H,23-27H2,1-5H3,(H2,48,59)(H,49,60)(H,50,56)(H,51,57)(H,52,58)(H,53,62)(H,54,61)(H,55,63)(H,64,65)/b22-21+/t30-,34-,35-,36-,37-,41-/m0/s1. The fourth-order valence-electron chi connectivity index (χ4n) is 6.50. The van der Waals surface area contributed by atoms with E-state index in [4.69, 9.17) is 5.73 Å². The van der Waals surface area contributed by atoms with Gasteiger partial charge < -0.3 is 48.1 Å². The van der Waals surface area contributed by atoms with Crippen LogP contribution in [0.2, 0.25) is 0 Å². The first-order valence-corrected chi connectivity index (χ1v) is 21.2. The molecular formula is C47H60N8O10. The smallest absolute Gasteiger partial charge is 0.326 e. The summed E-state index contributed by atoms with van der Waals surface area (Å²) < 4.78 is 0. The number of hydrogen-bond acceptors (Lipinski definition) is 9. The van der Waals surface area contributed by atoms with E-state index in [2.05, 4.69) is 37.2 Å². The second-order valence-corrected chi connectivity index (χ2v) is 16.3. The third-order valence-corrected chi connectivity index (χ3v) is 9.92. The average molecular weight is 897 g/mol. The molecule has 0 spiro atoms. The highest BCUT2D eigenvalue weighted by Gasteiger charge is 2.32. The van der Waals surface area contributed by atoms with Crippen LogP contribution in [-0.2, 0) is 62.4 Å². The van der Waals surface area contributed by atoms with Crippen molar-refractivity contribution in [2.45, 2.75) is 96.6 Å². The molecule has 348 valence electrons. The minimum absolute atomic E-state index is 0.00393. The number of carboxylic acids is 1. The Kier molecular flexibility index (Phi) is 21.0. The van der Waals surface area contributed by atoms with Crippen molar-refractivity contribution in [2.75, 3.05) is 6.54 Å². The zero-order valence-electron chi connectivity index (χ0n) is 37.2.